The summed E-state index contributed by atoms with van der Waals surface area (Å²) in [6, 6.07) is 0. The molecule has 2 aromatic heterocycles. The van der Waals surface area contributed by atoms with E-state index in [0.29, 0.717) is 5.78 Å². The van der Waals surface area contributed by atoms with Crippen molar-refractivity contribution in [1.82, 2.24) is 19.6 Å². The van der Waals surface area contributed by atoms with E-state index in [9.17, 15) is 0 Å². The molecule has 1 aliphatic rings. The molecule has 2 heterocycles. The van der Waals surface area contributed by atoms with E-state index in [1.807, 2.05) is 12.4 Å². The molecule has 0 bridgehead atoms. The van der Waals surface area contributed by atoms with Crippen LogP contribution in [0.25, 0.3) is 11.9 Å². The van der Waals surface area contributed by atoms with Crippen molar-refractivity contribution in [2.75, 3.05) is 0 Å². The predicted molar refractivity (Wildman–Crippen MR) is 66.4 cm³/mol. The molecule has 4 nitrogen and oxygen atoms in total. The van der Waals surface area contributed by atoms with Gasteiger partial charge in [0.05, 0.1) is 0 Å². The summed E-state index contributed by atoms with van der Waals surface area (Å²) < 4.78 is 1.71. The monoisotopic (exact) mass is 228 g/mol. The third-order valence-electron chi connectivity index (χ3n) is 3.37. The third kappa shape index (κ3) is 2.35. The van der Waals surface area contributed by atoms with Gasteiger partial charge in [-0.15, -0.1) is 0 Å². The first-order chi connectivity index (χ1) is 8.42. The van der Waals surface area contributed by atoms with Gasteiger partial charge in [0, 0.05) is 18.0 Å². The standard InChI is InChI=1S/C13H16N4/c1-2-4-11(5-3-1)6-7-12-8-14-13-15-10-16-17(13)9-12/h6-11H,1-5H2. The Bertz CT molecular complexity index is 523. The molecule has 88 valence electrons. The van der Waals surface area contributed by atoms with Crippen molar-refractivity contribution in [3.05, 3.63) is 30.4 Å². The molecule has 1 aliphatic carbocycles. The second-order valence-corrected chi connectivity index (χ2v) is 4.65. The van der Waals surface area contributed by atoms with E-state index in [0.717, 1.165) is 11.5 Å². The van der Waals surface area contributed by atoms with Crippen LogP contribution >= 0.6 is 0 Å². The van der Waals surface area contributed by atoms with Crippen LogP contribution in [0.1, 0.15) is 37.7 Å². The minimum Gasteiger partial charge on any atom is -0.219 e. The van der Waals surface area contributed by atoms with Crippen molar-refractivity contribution in [1.29, 1.82) is 0 Å². The van der Waals surface area contributed by atoms with Crippen LogP contribution in [0.2, 0.25) is 0 Å². The lowest BCUT2D eigenvalue weighted by atomic mass is 9.89. The van der Waals surface area contributed by atoms with Crippen LogP contribution in [0.4, 0.5) is 0 Å². The fourth-order valence-electron chi connectivity index (χ4n) is 2.39. The van der Waals surface area contributed by atoms with Gasteiger partial charge in [-0.1, -0.05) is 31.4 Å². The second-order valence-electron chi connectivity index (χ2n) is 4.65. The Hall–Kier alpha value is -1.71. The molecule has 0 saturated heterocycles. The Kier molecular flexibility index (Phi) is 2.86. The number of hydrogen-bond donors (Lipinski definition) is 0. The maximum Gasteiger partial charge on any atom is 0.252 e. The second kappa shape index (κ2) is 4.65. The van der Waals surface area contributed by atoms with Crippen molar-refractivity contribution < 1.29 is 0 Å². The van der Waals surface area contributed by atoms with Crippen molar-refractivity contribution >= 4 is 11.9 Å². The SMILES string of the molecule is C(=CC1CCCCC1)c1cnc2ncnn2c1. The van der Waals surface area contributed by atoms with E-state index in [1.165, 1.54) is 38.4 Å². The highest BCUT2D eigenvalue weighted by Gasteiger charge is 2.09. The van der Waals surface area contributed by atoms with E-state index >= 15 is 0 Å². The van der Waals surface area contributed by atoms with Gasteiger partial charge in [-0.2, -0.15) is 10.1 Å². The first-order valence-corrected chi connectivity index (χ1v) is 6.25. The number of hydrogen-bond acceptors (Lipinski definition) is 3. The summed E-state index contributed by atoms with van der Waals surface area (Å²) in [4.78, 5) is 8.27. The molecule has 2 aromatic rings. The van der Waals surface area contributed by atoms with Crippen LogP contribution < -0.4 is 0 Å². The van der Waals surface area contributed by atoms with E-state index in [2.05, 4.69) is 27.2 Å². The molecule has 0 unspecified atom stereocenters. The first kappa shape index (κ1) is 10.4. The number of allylic oxidation sites excluding steroid dienone is 1. The molecule has 0 radical (unpaired) electrons. The molecule has 0 spiro atoms. The maximum absolute atomic E-state index is 4.24. The Morgan fingerprint density at radius 1 is 1.18 bits per heavy atom. The zero-order chi connectivity index (χ0) is 11.5. The first-order valence-electron chi connectivity index (χ1n) is 6.25. The van der Waals surface area contributed by atoms with Gasteiger partial charge in [0.25, 0.3) is 5.78 Å². The molecule has 0 atom stereocenters. The predicted octanol–water partition coefficient (Wildman–Crippen LogP) is 2.72. The highest BCUT2D eigenvalue weighted by molar-refractivity contribution is 5.48. The molecule has 17 heavy (non-hydrogen) atoms. The minimum absolute atomic E-state index is 0.653. The molecule has 3 rings (SSSR count). The van der Waals surface area contributed by atoms with E-state index in [4.69, 9.17) is 0 Å². The van der Waals surface area contributed by atoms with Crippen molar-refractivity contribution in [2.24, 2.45) is 5.92 Å². The molecule has 0 aromatic carbocycles. The molecule has 1 saturated carbocycles. The van der Waals surface area contributed by atoms with Crippen LogP contribution in [-0.4, -0.2) is 19.6 Å². The number of nitrogens with zero attached hydrogens (tertiary/aromatic N) is 4. The van der Waals surface area contributed by atoms with Crippen LogP contribution in [0.15, 0.2) is 24.8 Å². The lowest BCUT2D eigenvalue weighted by molar-refractivity contribution is 0.420. The summed E-state index contributed by atoms with van der Waals surface area (Å²) in [6.45, 7) is 0. The number of fused-ring (bicyclic) bond motifs is 1. The van der Waals surface area contributed by atoms with Crippen molar-refractivity contribution in [3.8, 4) is 0 Å². The topological polar surface area (TPSA) is 43.1 Å². The van der Waals surface area contributed by atoms with E-state index < -0.39 is 0 Å². The van der Waals surface area contributed by atoms with Crippen molar-refractivity contribution in [2.45, 2.75) is 32.1 Å². The minimum atomic E-state index is 0.653. The molecule has 0 aliphatic heterocycles. The fraction of sp³-hybridized carbons (Fsp3) is 0.462. The van der Waals surface area contributed by atoms with Gasteiger partial charge >= 0.3 is 0 Å². The third-order valence-corrected chi connectivity index (χ3v) is 3.37. The molecule has 0 N–H and O–H groups in total. The number of rotatable bonds is 2. The lowest BCUT2D eigenvalue weighted by Crippen LogP contribution is -2.02. The van der Waals surface area contributed by atoms with Crippen molar-refractivity contribution in [3.63, 3.8) is 0 Å². The summed E-state index contributed by atoms with van der Waals surface area (Å²) in [5, 5.41) is 4.08. The zero-order valence-corrected chi connectivity index (χ0v) is 9.79. The summed E-state index contributed by atoms with van der Waals surface area (Å²) in [5.74, 6) is 1.40. The highest BCUT2D eigenvalue weighted by Crippen LogP contribution is 2.25. The number of aromatic nitrogens is 4. The summed E-state index contributed by atoms with van der Waals surface area (Å²) in [5.41, 5.74) is 1.09. The van der Waals surface area contributed by atoms with Gasteiger partial charge in [0.1, 0.15) is 6.33 Å². The van der Waals surface area contributed by atoms with Crippen LogP contribution in [0.3, 0.4) is 0 Å². The van der Waals surface area contributed by atoms with Gasteiger partial charge in [-0.25, -0.2) is 9.50 Å². The Labute approximate surface area is 100 Å². The molecular weight excluding hydrogens is 212 g/mol. The largest absolute Gasteiger partial charge is 0.252 e. The molecule has 1 fully saturated rings. The zero-order valence-electron chi connectivity index (χ0n) is 9.79. The lowest BCUT2D eigenvalue weighted by Gasteiger charge is -2.17. The van der Waals surface area contributed by atoms with E-state index in [-0.39, 0.29) is 0 Å². The van der Waals surface area contributed by atoms with E-state index in [1.54, 1.807) is 4.52 Å². The summed E-state index contributed by atoms with van der Waals surface area (Å²) >= 11 is 0. The van der Waals surface area contributed by atoms with Crippen LogP contribution in [-0.2, 0) is 0 Å². The highest BCUT2D eigenvalue weighted by atomic mass is 15.3. The maximum atomic E-state index is 4.24. The fourth-order valence-corrected chi connectivity index (χ4v) is 2.39. The Balaban J connectivity index is 1.76. The Morgan fingerprint density at radius 3 is 2.94 bits per heavy atom. The van der Waals surface area contributed by atoms with Gasteiger partial charge in [-0.3, -0.25) is 0 Å². The molecule has 0 amide bonds. The molecule has 4 heteroatoms. The average Bonchev–Trinajstić information content (AvgIpc) is 2.85. The Morgan fingerprint density at radius 2 is 2.06 bits per heavy atom. The summed E-state index contributed by atoms with van der Waals surface area (Å²) in [7, 11) is 0. The normalized spacial score (nSPS) is 18.1. The summed E-state index contributed by atoms with van der Waals surface area (Å²) in [6.07, 6.45) is 16.6. The van der Waals surface area contributed by atoms with Crippen LogP contribution in [0, 0.1) is 5.92 Å². The quantitative estimate of drug-likeness (QED) is 0.793. The molecular formula is C13H16N4. The average molecular weight is 228 g/mol. The van der Waals surface area contributed by atoms with Gasteiger partial charge in [-0.05, 0) is 18.8 Å². The van der Waals surface area contributed by atoms with Gasteiger partial charge in [0.15, 0.2) is 0 Å². The smallest absolute Gasteiger partial charge is 0.219 e. The van der Waals surface area contributed by atoms with Crippen LogP contribution in [0.5, 0.6) is 0 Å². The van der Waals surface area contributed by atoms with Gasteiger partial charge < -0.3 is 0 Å². The van der Waals surface area contributed by atoms with Gasteiger partial charge in [0.2, 0.25) is 0 Å².